The molecular weight excluding hydrogens is 273 g/mol. The SMILES string of the molecule is CCC(N)(CC)CNC(=O)c1ccc(F)c(NC(C)=O)c1. The standard InChI is InChI=1S/C15H22FN3O2/c1-4-15(17,5-2)9-18-14(21)11-6-7-12(16)13(8-11)19-10(3)20/h6-8H,4-5,9,17H2,1-3H3,(H,18,21)(H,19,20). The zero-order valence-electron chi connectivity index (χ0n) is 12.6. The van der Waals surface area contributed by atoms with Gasteiger partial charge in [0.15, 0.2) is 0 Å². The van der Waals surface area contributed by atoms with Crippen LogP contribution in [0.5, 0.6) is 0 Å². The third kappa shape index (κ3) is 4.82. The lowest BCUT2D eigenvalue weighted by Crippen LogP contribution is -2.49. The molecule has 0 atom stereocenters. The summed E-state index contributed by atoms with van der Waals surface area (Å²) in [6.45, 7) is 5.54. The third-order valence-electron chi connectivity index (χ3n) is 3.55. The zero-order valence-corrected chi connectivity index (χ0v) is 12.6. The van der Waals surface area contributed by atoms with Crippen LogP contribution in [0.4, 0.5) is 10.1 Å². The molecule has 4 N–H and O–H groups in total. The molecule has 1 rings (SSSR count). The van der Waals surface area contributed by atoms with E-state index in [4.69, 9.17) is 5.73 Å². The van der Waals surface area contributed by atoms with Crippen LogP contribution in [0.25, 0.3) is 0 Å². The molecule has 0 heterocycles. The summed E-state index contributed by atoms with van der Waals surface area (Å²) in [5.41, 5.74) is 5.92. The Morgan fingerprint density at radius 2 is 1.90 bits per heavy atom. The highest BCUT2D eigenvalue weighted by Crippen LogP contribution is 2.16. The van der Waals surface area contributed by atoms with Gasteiger partial charge in [-0.2, -0.15) is 0 Å². The summed E-state index contributed by atoms with van der Waals surface area (Å²) in [4.78, 5) is 23.1. The van der Waals surface area contributed by atoms with Crippen LogP contribution in [-0.4, -0.2) is 23.9 Å². The van der Waals surface area contributed by atoms with E-state index < -0.39 is 17.3 Å². The lowest BCUT2D eigenvalue weighted by atomic mass is 9.94. The van der Waals surface area contributed by atoms with Crippen LogP contribution in [0.2, 0.25) is 0 Å². The maximum atomic E-state index is 13.5. The fourth-order valence-corrected chi connectivity index (χ4v) is 1.81. The number of carbonyl (C=O) groups is 2. The molecule has 0 aliphatic rings. The molecular formula is C15H22FN3O2. The summed E-state index contributed by atoms with van der Waals surface area (Å²) < 4.78 is 13.5. The Labute approximate surface area is 124 Å². The van der Waals surface area contributed by atoms with Gasteiger partial charge in [-0.3, -0.25) is 9.59 Å². The number of halogens is 1. The molecule has 0 aromatic heterocycles. The van der Waals surface area contributed by atoms with E-state index in [-0.39, 0.29) is 17.2 Å². The van der Waals surface area contributed by atoms with Gasteiger partial charge < -0.3 is 16.4 Å². The number of nitrogens with two attached hydrogens (primary N) is 1. The lowest BCUT2D eigenvalue weighted by Gasteiger charge is -2.26. The van der Waals surface area contributed by atoms with Gasteiger partial charge in [-0.05, 0) is 31.0 Å². The van der Waals surface area contributed by atoms with E-state index in [1.807, 2.05) is 13.8 Å². The normalized spacial score (nSPS) is 11.1. The minimum absolute atomic E-state index is 0.0138. The van der Waals surface area contributed by atoms with Crippen molar-refractivity contribution in [2.24, 2.45) is 5.73 Å². The summed E-state index contributed by atoms with van der Waals surface area (Å²) in [7, 11) is 0. The molecule has 0 radical (unpaired) electrons. The van der Waals surface area contributed by atoms with Gasteiger partial charge in [-0.1, -0.05) is 13.8 Å². The van der Waals surface area contributed by atoms with Gasteiger partial charge in [0.25, 0.3) is 5.91 Å². The highest BCUT2D eigenvalue weighted by atomic mass is 19.1. The summed E-state index contributed by atoms with van der Waals surface area (Å²) in [6.07, 6.45) is 1.48. The van der Waals surface area contributed by atoms with Crippen molar-refractivity contribution in [2.45, 2.75) is 39.2 Å². The molecule has 6 heteroatoms. The average Bonchev–Trinajstić information content (AvgIpc) is 2.46. The Balaban J connectivity index is 2.81. The number of amides is 2. The Bertz CT molecular complexity index is 528. The summed E-state index contributed by atoms with van der Waals surface area (Å²) in [5.74, 6) is -1.33. The first-order valence-electron chi connectivity index (χ1n) is 6.95. The second kappa shape index (κ2) is 7.17. The maximum absolute atomic E-state index is 13.5. The molecule has 0 aliphatic heterocycles. The molecule has 0 unspecified atom stereocenters. The smallest absolute Gasteiger partial charge is 0.251 e. The molecule has 1 aromatic carbocycles. The van der Waals surface area contributed by atoms with Crippen molar-refractivity contribution in [3.8, 4) is 0 Å². The minimum atomic E-state index is -0.586. The van der Waals surface area contributed by atoms with Gasteiger partial charge in [0.05, 0.1) is 5.69 Å². The second-order valence-electron chi connectivity index (χ2n) is 5.13. The topological polar surface area (TPSA) is 84.2 Å². The van der Waals surface area contributed by atoms with E-state index in [1.54, 1.807) is 0 Å². The number of carbonyl (C=O) groups excluding carboxylic acids is 2. The van der Waals surface area contributed by atoms with Gasteiger partial charge in [0, 0.05) is 24.6 Å². The van der Waals surface area contributed by atoms with Crippen molar-refractivity contribution in [3.05, 3.63) is 29.6 Å². The van der Waals surface area contributed by atoms with Crippen LogP contribution in [0.3, 0.4) is 0 Å². The van der Waals surface area contributed by atoms with Gasteiger partial charge in [0.1, 0.15) is 5.82 Å². The van der Waals surface area contributed by atoms with Crippen molar-refractivity contribution in [2.75, 3.05) is 11.9 Å². The Morgan fingerprint density at radius 1 is 1.29 bits per heavy atom. The molecule has 0 saturated heterocycles. The van der Waals surface area contributed by atoms with E-state index >= 15 is 0 Å². The van der Waals surface area contributed by atoms with E-state index in [0.717, 1.165) is 18.9 Å². The van der Waals surface area contributed by atoms with Crippen LogP contribution >= 0.6 is 0 Å². The van der Waals surface area contributed by atoms with Crippen LogP contribution in [0, 0.1) is 5.82 Å². The molecule has 0 saturated carbocycles. The van der Waals surface area contributed by atoms with Crippen molar-refractivity contribution >= 4 is 17.5 Å². The Hall–Kier alpha value is -1.95. The fourth-order valence-electron chi connectivity index (χ4n) is 1.81. The van der Waals surface area contributed by atoms with E-state index in [1.165, 1.54) is 19.1 Å². The first kappa shape index (κ1) is 17.1. The predicted molar refractivity (Wildman–Crippen MR) is 80.5 cm³/mol. The number of hydrogen-bond donors (Lipinski definition) is 3. The highest BCUT2D eigenvalue weighted by Gasteiger charge is 2.21. The Morgan fingerprint density at radius 3 is 2.43 bits per heavy atom. The van der Waals surface area contributed by atoms with Gasteiger partial charge in [0.2, 0.25) is 5.91 Å². The largest absolute Gasteiger partial charge is 0.350 e. The van der Waals surface area contributed by atoms with Crippen LogP contribution in [-0.2, 0) is 4.79 Å². The van der Waals surface area contributed by atoms with Crippen molar-refractivity contribution in [1.29, 1.82) is 0 Å². The number of hydrogen-bond acceptors (Lipinski definition) is 3. The molecule has 0 fully saturated rings. The van der Waals surface area contributed by atoms with Crippen LogP contribution < -0.4 is 16.4 Å². The third-order valence-corrected chi connectivity index (χ3v) is 3.55. The summed E-state index contributed by atoms with van der Waals surface area (Å²) >= 11 is 0. The fraction of sp³-hybridized carbons (Fsp3) is 0.467. The van der Waals surface area contributed by atoms with Crippen LogP contribution in [0.15, 0.2) is 18.2 Å². The molecule has 21 heavy (non-hydrogen) atoms. The van der Waals surface area contributed by atoms with E-state index in [0.29, 0.717) is 6.54 Å². The van der Waals surface area contributed by atoms with E-state index in [9.17, 15) is 14.0 Å². The summed E-state index contributed by atoms with van der Waals surface area (Å²) in [6, 6.07) is 3.82. The first-order chi connectivity index (χ1) is 9.81. The van der Waals surface area contributed by atoms with Gasteiger partial charge in [-0.25, -0.2) is 4.39 Å². The lowest BCUT2D eigenvalue weighted by molar-refractivity contribution is -0.114. The molecule has 0 aliphatic carbocycles. The van der Waals surface area contributed by atoms with Crippen molar-refractivity contribution in [1.82, 2.24) is 5.32 Å². The number of nitrogens with one attached hydrogen (secondary N) is 2. The zero-order chi connectivity index (χ0) is 16.0. The molecule has 0 bridgehead atoms. The molecule has 5 nitrogen and oxygen atoms in total. The quantitative estimate of drug-likeness (QED) is 0.751. The molecule has 116 valence electrons. The van der Waals surface area contributed by atoms with E-state index in [2.05, 4.69) is 10.6 Å². The predicted octanol–water partition coefficient (Wildman–Crippen LogP) is 2.03. The molecule has 0 spiro atoms. The number of rotatable bonds is 6. The minimum Gasteiger partial charge on any atom is -0.350 e. The monoisotopic (exact) mass is 295 g/mol. The van der Waals surface area contributed by atoms with Crippen molar-refractivity contribution < 1.29 is 14.0 Å². The maximum Gasteiger partial charge on any atom is 0.251 e. The summed E-state index contributed by atoms with van der Waals surface area (Å²) in [5, 5.41) is 5.09. The average molecular weight is 295 g/mol. The van der Waals surface area contributed by atoms with Crippen molar-refractivity contribution in [3.63, 3.8) is 0 Å². The number of anilines is 1. The number of benzene rings is 1. The first-order valence-corrected chi connectivity index (χ1v) is 6.95. The molecule has 1 aromatic rings. The van der Waals surface area contributed by atoms with Gasteiger partial charge >= 0.3 is 0 Å². The Kier molecular flexibility index (Phi) is 5.84. The highest BCUT2D eigenvalue weighted by molar-refractivity contribution is 5.96. The van der Waals surface area contributed by atoms with Crippen LogP contribution in [0.1, 0.15) is 44.0 Å². The molecule has 2 amide bonds. The second-order valence-corrected chi connectivity index (χ2v) is 5.13. The van der Waals surface area contributed by atoms with Gasteiger partial charge in [-0.15, -0.1) is 0 Å².